The van der Waals surface area contributed by atoms with Gasteiger partial charge in [0.05, 0.1) is 0 Å². The van der Waals surface area contributed by atoms with Gasteiger partial charge in [-0.2, -0.15) is 0 Å². The van der Waals surface area contributed by atoms with Gasteiger partial charge < -0.3 is 5.73 Å². The molecule has 0 saturated carbocycles. The van der Waals surface area contributed by atoms with Crippen LogP contribution in [-0.2, 0) is 6.42 Å². The molecule has 0 spiro atoms. The van der Waals surface area contributed by atoms with Crippen molar-refractivity contribution in [2.24, 2.45) is 5.73 Å². The number of hydrogen-bond donors (Lipinski definition) is 1. The van der Waals surface area contributed by atoms with Gasteiger partial charge in [-0.25, -0.2) is 0 Å². The third kappa shape index (κ3) is 3.85. The van der Waals surface area contributed by atoms with Gasteiger partial charge in [-0.3, -0.25) is 0 Å². The summed E-state index contributed by atoms with van der Waals surface area (Å²) < 4.78 is 0. The highest BCUT2D eigenvalue weighted by Gasteiger charge is 1.96. The highest BCUT2D eigenvalue weighted by Crippen LogP contribution is 2.14. The van der Waals surface area contributed by atoms with Crippen LogP contribution >= 0.6 is 0 Å². The molecule has 0 radical (unpaired) electrons. The first-order chi connectivity index (χ1) is 9.83. The van der Waals surface area contributed by atoms with E-state index in [4.69, 9.17) is 12.2 Å². The molecule has 0 heterocycles. The van der Waals surface area contributed by atoms with E-state index in [-0.39, 0.29) is 0 Å². The molecule has 2 aromatic rings. The Labute approximate surface area is 121 Å². The molecule has 0 aliphatic heterocycles. The summed E-state index contributed by atoms with van der Waals surface area (Å²) in [4.78, 5) is 0. The molecule has 2 rings (SSSR count). The lowest BCUT2D eigenvalue weighted by Gasteiger charge is -2.02. The molecule has 0 unspecified atom stereocenters. The summed E-state index contributed by atoms with van der Waals surface area (Å²) in [5, 5.41) is 0. The van der Waals surface area contributed by atoms with Gasteiger partial charge in [-0.1, -0.05) is 60.5 Å². The molecular formula is C19H19N. The Kier molecular flexibility index (Phi) is 5.17. The minimum Gasteiger partial charge on any atom is -0.330 e. The van der Waals surface area contributed by atoms with E-state index < -0.39 is 0 Å². The van der Waals surface area contributed by atoms with Gasteiger partial charge in [0.1, 0.15) is 0 Å². The van der Waals surface area contributed by atoms with E-state index in [9.17, 15) is 0 Å². The van der Waals surface area contributed by atoms with Gasteiger partial charge in [0.15, 0.2) is 0 Å². The van der Waals surface area contributed by atoms with Gasteiger partial charge in [0.25, 0.3) is 0 Å². The topological polar surface area (TPSA) is 26.0 Å². The zero-order valence-corrected chi connectivity index (χ0v) is 11.5. The summed E-state index contributed by atoms with van der Waals surface area (Å²) >= 11 is 0. The molecule has 20 heavy (non-hydrogen) atoms. The summed E-state index contributed by atoms with van der Waals surface area (Å²) in [5.41, 5.74) is 10.0. The van der Waals surface area contributed by atoms with Crippen molar-refractivity contribution in [3.05, 3.63) is 70.8 Å². The molecule has 0 saturated heterocycles. The molecule has 0 atom stereocenters. The second-order valence-electron chi connectivity index (χ2n) is 4.70. The van der Waals surface area contributed by atoms with Crippen LogP contribution in [0.2, 0.25) is 0 Å². The molecule has 0 amide bonds. The summed E-state index contributed by atoms with van der Waals surface area (Å²) in [7, 11) is 0. The van der Waals surface area contributed by atoms with Crippen molar-refractivity contribution >= 4 is 12.2 Å². The normalized spacial score (nSPS) is 10.6. The van der Waals surface area contributed by atoms with Gasteiger partial charge in [-0.15, -0.1) is 6.42 Å². The Morgan fingerprint density at radius 3 is 2.70 bits per heavy atom. The molecule has 0 aromatic heterocycles. The second kappa shape index (κ2) is 7.33. The van der Waals surface area contributed by atoms with Crippen LogP contribution < -0.4 is 5.73 Å². The molecule has 2 N–H and O–H groups in total. The van der Waals surface area contributed by atoms with Crippen molar-refractivity contribution in [3.63, 3.8) is 0 Å². The maximum atomic E-state index is 5.55. The third-order valence-corrected chi connectivity index (χ3v) is 3.19. The number of aryl methyl sites for hydroxylation is 1. The predicted octanol–water partition coefficient (Wildman–Crippen LogP) is 3.73. The summed E-state index contributed by atoms with van der Waals surface area (Å²) in [6, 6.07) is 16.5. The van der Waals surface area contributed by atoms with Crippen LogP contribution in [-0.4, -0.2) is 6.54 Å². The first kappa shape index (κ1) is 14.1. The fourth-order valence-corrected chi connectivity index (χ4v) is 2.12. The Hall–Kier alpha value is -2.30. The van der Waals surface area contributed by atoms with E-state index in [0.717, 1.165) is 30.5 Å². The highest BCUT2D eigenvalue weighted by molar-refractivity contribution is 5.72. The zero-order chi connectivity index (χ0) is 14.2. The molecule has 1 nitrogen and oxygen atoms in total. The Morgan fingerprint density at radius 1 is 1.05 bits per heavy atom. The summed E-state index contributed by atoms with van der Waals surface area (Å²) in [5.74, 6) is 2.71. The summed E-state index contributed by atoms with van der Waals surface area (Å²) in [6.45, 7) is 0.732. The van der Waals surface area contributed by atoms with Crippen LogP contribution in [0, 0.1) is 12.3 Å². The largest absolute Gasteiger partial charge is 0.330 e. The maximum Gasteiger partial charge on any atom is 0.0315 e. The fraction of sp³-hybridized carbons (Fsp3) is 0.158. The van der Waals surface area contributed by atoms with E-state index in [1.807, 2.05) is 24.3 Å². The second-order valence-corrected chi connectivity index (χ2v) is 4.70. The van der Waals surface area contributed by atoms with E-state index in [1.54, 1.807) is 0 Å². The van der Waals surface area contributed by atoms with E-state index in [0.29, 0.717) is 0 Å². The smallest absolute Gasteiger partial charge is 0.0315 e. The van der Waals surface area contributed by atoms with Crippen LogP contribution in [0.4, 0.5) is 0 Å². The molecule has 1 heteroatoms. The minimum absolute atomic E-state index is 0.732. The average molecular weight is 261 g/mol. The van der Waals surface area contributed by atoms with Gasteiger partial charge in [-0.05, 0) is 42.1 Å². The van der Waals surface area contributed by atoms with Crippen LogP contribution in [0.25, 0.3) is 12.2 Å². The lowest BCUT2D eigenvalue weighted by atomic mass is 10.0. The first-order valence-electron chi connectivity index (χ1n) is 6.86. The van der Waals surface area contributed by atoms with Gasteiger partial charge in [0, 0.05) is 5.56 Å². The summed E-state index contributed by atoms with van der Waals surface area (Å²) in [6.07, 6.45) is 11.7. The quantitative estimate of drug-likeness (QED) is 0.644. The van der Waals surface area contributed by atoms with Crippen LogP contribution in [0.15, 0.2) is 48.5 Å². The Balaban J connectivity index is 2.17. The van der Waals surface area contributed by atoms with E-state index in [1.165, 1.54) is 11.1 Å². The minimum atomic E-state index is 0.732. The van der Waals surface area contributed by atoms with E-state index in [2.05, 4.69) is 42.3 Å². The Bertz CT molecular complexity index is 632. The van der Waals surface area contributed by atoms with Crippen LogP contribution in [0.5, 0.6) is 0 Å². The highest BCUT2D eigenvalue weighted by atomic mass is 14.5. The van der Waals surface area contributed by atoms with Gasteiger partial charge >= 0.3 is 0 Å². The number of nitrogens with two attached hydrogens (primary N) is 1. The number of benzene rings is 2. The Morgan fingerprint density at radius 2 is 1.90 bits per heavy atom. The maximum absolute atomic E-state index is 5.55. The third-order valence-electron chi connectivity index (χ3n) is 3.19. The molecule has 0 aliphatic carbocycles. The number of rotatable bonds is 5. The average Bonchev–Trinajstić information content (AvgIpc) is 2.51. The van der Waals surface area contributed by atoms with E-state index >= 15 is 0 Å². The SMILES string of the molecule is C#Cc1ccccc1/C=C\c1cccc(CCCN)c1. The van der Waals surface area contributed by atoms with Gasteiger partial charge in [0.2, 0.25) is 0 Å². The molecule has 0 bridgehead atoms. The van der Waals surface area contributed by atoms with Crippen molar-refractivity contribution in [1.82, 2.24) is 0 Å². The van der Waals surface area contributed by atoms with Crippen molar-refractivity contribution in [1.29, 1.82) is 0 Å². The van der Waals surface area contributed by atoms with Crippen molar-refractivity contribution in [2.75, 3.05) is 6.54 Å². The molecular weight excluding hydrogens is 242 g/mol. The monoisotopic (exact) mass is 261 g/mol. The van der Waals surface area contributed by atoms with Crippen LogP contribution in [0.1, 0.15) is 28.7 Å². The van der Waals surface area contributed by atoms with Crippen molar-refractivity contribution in [3.8, 4) is 12.3 Å². The molecule has 100 valence electrons. The molecule has 0 aliphatic rings. The molecule has 0 fully saturated rings. The van der Waals surface area contributed by atoms with Crippen molar-refractivity contribution < 1.29 is 0 Å². The van der Waals surface area contributed by atoms with Crippen molar-refractivity contribution in [2.45, 2.75) is 12.8 Å². The number of hydrogen-bond acceptors (Lipinski definition) is 1. The molecule has 2 aromatic carbocycles. The lowest BCUT2D eigenvalue weighted by molar-refractivity contribution is 0.832. The fourth-order valence-electron chi connectivity index (χ4n) is 2.12. The standard InChI is InChI=1S/C19H19N/c1-2-18-10-3-4-11-19(18)13-12-17-8-5-7-16(15-17)9-6-14-20/h1,3-5,7-8,10-13,15H,6,9,14,20H2/b13-12-. The lowest BCUT2D eigenvalue weighted by Crippen LogP contribution is -2.00. The number of terminal acetylenes is 1. The zero-order valence-electron chi connectivity index (χ0n) is 11.5. The van der Waals surface area contributed by atoms with Crippen LogP contribution in [0.3, 0.4) is 0 Å². The predicted molar refractivity (Wildman–Crippen MR) is 87.1 cm³/mol. The first-order valence-corrected chi connectivity index (χ1v) is 6.86.